The Balaban J connectivity index is 2.72. The van der Waals surface area contributed by atoms with E-state index >= 15 is 0 Å². The summed E-state index contributed by atoms with van der Waals surface area (Å²) in [7, 11) is 0. The van der Waals surface area contributed by atoms with E-state index in [-0.39, 0.29) is 6.42 Å². The predicted molar refractivity (Wildman–Crippen MR) is 65.5 cm³/mol. The second-order valence-electron chi connectivity index (χ2n) is 3.70. The third-order valence-electron chi connectivity index (χ3n) is 2.32. The summed E-state index contributed by atoms with van der Waals surface area (Å²) in [6, 6.07) is -2.02. The maximum Gasteiger partial charge on any atom is 0.328 e. The van der Waals surface area contributed by atoms with Crippen molar-refractivity contribution >= 4 is 41.8 Å². The van der Waals surface area contributed by atoms with Gasteiger partial charge in [0.1, 0.15) is 0 Å². The van der Waals surface area contributed by atoms with Gasteiger partial charge >= 0.3 is 6.03 Å². The van der Waals surface area contributed by atoms with Gasteiger partial charge in [0, 0.05) is 6.21 Å². The summed E-state index contributed by atoms with van der Waals surface area (Å²) in [6.07, 6.45) is 2.97. The van der Waals surface area contributed by atoms with Crippen LogP contribution in [0, 0.1) is 5.92 Å². The van der Waals surface area contributed by atoms with E-state index in [4.69, 9.17) is 0 Å². The number of carbonyl (C=O) groups is 4. The largest absolute Gasteiger partial charge is 0.548 e. The summed E-state index contributed by atoms with van der Waals surface area (Å²) < 4.78 is 0. The second kappa shape index (κ2) is 6.88. The van der Waals surface area contributed by atoms with Gasteiger partial charge in [-0.05, 0) is 18.4 Å². The minimum atomic E-state index is -1.38. The predicted octanol–water partition coefficient (Wildman–Crippen LogP) is -2.09. The molecule has 0 unspecified atom stereocenters. The number of thioether (sulfide) groups is 1. The van der Waals surface area contributed by atoms with Crippen molar-refractivity contribution in [2.45, 2.75) is 12.5 Å². The summed E-state index contributed by atoms with van der Waals surface area (Å²) in [5.41, 5.74) is 0. The fourth-order valence-corrected chi connectivity index (χ4v) is 1.80. The van der Waals surface area contributed by atoms with Crippen molar-refractivity contribution in [3.8, 4) is 0 Å². The highest BCUT2D eigenvalue weighted by Gasteiger charge is 2.32. The number of imide groups is 2. The Morgan fingerprint density at radius 3 is 2.47 bits per heavy atom. The summed E-state index contributed by atoms with van der Waals surface area (Å²) >= 11 is 1.44. The summed E-state index contributed by atoms with van der Waals surface area (Å²) in [4.78, 5) is 48.0. The molecule has 104 valence electrons. The van der Waals surface area contributed by atoms with Crippen LogP contribution in [-0.4, -0.2) is 48.1 Å². The maximum atomic E-state index is 11.4. The van der Waals surface area contributed by atoms with Crippen molar-refractivity contribution in [2.75, 3.05) is 12.0 Å². The lowest BCUT2D eigenvalue weighted by atomic mass is 10.1. The molecule has 1 atom stereocenters. The molecule has 0 bridgehead atoms. The maximum absolute atomic E-state index is 11.4. The summed E-state index contributed by atoms with van der Waals surface area (Å²) in [5.74, 6) is -3.80. The lowest BCUT2D eigenvalue weighted by Crippen LogP contribution is -2.56. The first-order chi connectivity index (χ1) is 8.95. The third kappa shape index (κ3) is 4.36. The number of carbonyl (C=O) groups excluding carboxylic acids is 4. The highest BCUT2D eigenvalue weighted by atomic mass is 32.2. The van der Waals surface area contributed by atoms with Crippen LogP contribution in [0.3, 0.4) is 0 Å². The van der Waals surface area contributed by atoms with Crippen LogP contribution in [0.1, 0.15) is 6.42 Å². The van der Waals surface area contributed by atoms with Gasteiger partial charge in [0.2, 0.25) is 11.8 Å². The third-order valence-corrected chi connectivity index (χ3v) is 2.96. The van der Waals surface area contributed by atoms with Crippen LogP contribution >= 0.6 is 11.8 Å². The molecule has 1 saturated heterocycles. The molecule has 1 rings (SSSR count). The Bertz CT molecular complexity index is 417. The van der Waals surface area contributed by atoms with Gasteiger partial charge in [-0.15, -0.1) is 0 Å². The smallest absolute Gasteiger partial charge is 0.328 e. The highest BCUT2D eigenvalue weighted by molar-refractivity contribution is 7.98. The zero-order valence-corrected chi connectivity index (χ0v) is 10.9. The zero-order chi connectivity index (χ0) is 14.4. The van der Waals surface area contributed by atoms with Crippen LogP contribution in [0.4, 0.5) is 4.79 Å². The zero-order valence-electron chi connectivity index (χ0n) is 10.0. The molecular formula is C10H12N3O5S-. The SMILES string of the molecule is CSCC[C@@H](N=CC1C(=O)NC(=O)NC1=O)C(=O)[O-]. The summed E-state index contributed by atoms with van der Waals surface area (Å²) in [5, 5.41) is 14.6. The van der Waals surface area contributed by atoms with Crippen LogP contribution in [0.5, 0.6) is 0 Å². The second-order valence-corrected chi connectivity index (χ2v) is 4.69. The van der Waals surface area contributed by atoms with Gasteiger partial charge < -0.3 is 9.90 Å². The fourth-order valence-electron chi connectivity index (χ4n) is 1.34. The van der Waals surface area contributed by atoms with E-state index in [1.54, 1.807) is 0 Å². The van der Waals surface area contributed by atoms with E-state index in [0.717, 1.165) is 6.21 Å². The molecule has 0 aromatic carbocycles. The van der Waals surface area contributed by atoms with Gasteiger partial charge in [-0.1, -0.05) is 0 Å². The molecule has 1 fully saturated rings. The molecule has 0 aromatic heterocycles. The van der Waals surface area contributed by atoms with Crippen molar-refractivity contribution < 1.29 is 24.3 Å². The number of hydrogen-bond donors (Lipinski definition) is 2. The molecule has 2 N–H and O–H groups in total. The van der Waals surface area contributed by atoms with E-state index in [1.807, 2.05) is 16.9 Å². The molecule has 1 aliphatic rings. The average molecular weight is 286 g/mol. The molecule has 0 radical (unpaired) electrons. The molecule has 0 aromatic rings. The van der Waals surface area contributed by atoms with Crippen LogP contribution in [-0.2, 0) is 14.4 Å². The van der Waals surface area contributed by atoms with Crippen LogP contribution in [0.2, 0.25) is 0 Å². The highest BCUT2D eigenvalue weighted by Crippen LogP contribution is 2.05. The number of nitrogens with zero attached hydrogens (tertiary/aromatic N) is 1. The normalized spacial score (nSPS) is 18.3. The van der Waals surface area contributed by atoms with Gasteiger partial charge in [0.15, 0.2) is 5.92 Å². The molecule has 1 heterocycles. The van der Waals surface area contributed by atoms with Gasteiger partial charge in [0.25, 0.3) is 0 Å². The first-order valence-corrected chi connectivity index (χ1v) is 6.74. The molecule has 8 nitrogen and oxygen atoms in total. The number of carboxylic acid groups (broad SMARTS) is 1. The minimum Gasteiger partial charge on any atom is -0.548 e. The number of barbiturate groups is 1. The molecule has 19 heavy (non-hydrogen) atoms. The van der Waals surface area contributed by atoms with Gasteiger partial charge in [-0.2, -0.15) is 11.8 Å². The van der Waals surface area contributed by atoms with Crippen molar-refractivity contribution in [1.29, 1.82) is 0 Å². The van der Waals surface area contributed by atoms with Gasteiger partial charge in [-0.3, -0.25) is 25.2 Å². The summed E-state index contributed by atoms with van der Waals surface area (Å²) in [6.45, 7) is 0. The number of rotatable bonds is 6. The Hall–Kier alpha value is -1.90. The number of nitrogens with one attached hydrogen (secondary N) is 2. The van der Waals surface area contributed by atoms with Crippen molar-refractivity contribution in [2.24, 2.45) is 10.9 Å². The molecule has 9 heteroatoms. The Labute approximate surface area is 113 Å². The van der Waals surface area contributed by atoms with E-state index in [9.17, 15) is 24.3 Å². The number of amides is 4. The molecule has 4 amide bonds. The Morgan fingerprint density at radius 2 is 2.00 bits per heavy atom. The topological polar surface area (TPSA) is 128 Å². The van der Waals surface area contributed by atoms with Crippen LogP contribution in [0.15, 0.2) is 4.99 Å². The first kappa shape index (κ1) is 15.2. The first-order valence-electron chi connectivity index (χ1n) is 5.34. The van der Waals surface area contributed by atoms with E-state index in [1.165, 1.54) is 11.8 Å². The lowest BCUT2D eigenvalue weighted by Gasteiger charge is -2.18. The monoisotopic (exact) mass is 286 g/mol. The number of carboxylic acids is 1. The van der Waals surface area contributed by atoms with Crippen LogP contribution < -0.4 is 15.7 Å². The molecule has 0 aliphatic carbocycles. The number of urea groups is 1. The Kier molecular flexibility index (Phi) is 5.49. The standard InChI is InChI=1S/C10H13N3O5S/c1-19-3-2-6(9(16)17)11-4-5-7(14)12-10(18)13-8(5)15/h4-6H,2-3H2,1H3,(H,16,17)(H2,12,13,14,15,18)/p-1/t6-/m1/s1. The molecule has 1 aliphatic heterocycles. The van der Waals surface area contributed by atoms with E-state index in [2.05, 4.69) is 4.99 Å². The number of aliphatic carboxylic acids is 1. The van der Waals surface area contributed by atoms with Gasteiger partial charge in [0.05, 0.1) is 12.0 Å². The lowest BCUT2D eigenvalue weighted by molar-refractivity contribution is -0.307. The molecular weight excluding hydrogens is 274 g/mol. The van der Waals surface area contributed by atoms with E-state index in [0.29, 0.717) is 5.75 Å². The van der Waals surface area contributed by atoms with Crippen molar-refractivity contribution in [3.05, 3.63) is 0 Å². The molecule has 0 saturated carbocycles. The van der Waals surface area contributed by atoms with Crippen molar-refractivity contribution in [1.82, 2.24) is 10.6 Å². The van der Waals surface area contributed by atoms with Crippen molar-refractivity contribution in [3.63, 3.8) is 0 Å². The minimum absolute atomic E-state index is 0.231. The Morgan fingerprint density at radius 1 is 1.42 bits per heavy atom. The number of hydrogen-bond acceptors (Lipinski definition) is 7. The number of aliphatic imine (C=N–C) groups is 1. The quantitative estimate of drug-likeness (QED) is 0.425. The van der Waals surface area contributed by atoms with E-state index < -0.39 is 35.8 Å². The van der Waals surface area contributed by atoms with Gasteiger partial charge in [-0.25, -0.2) is 4.79 Å². The average Bonchev–Trinajstić information content (AvgIpc) is 2.31. The fraction of sp³-hybridized carbons (Fsp3) is 0.500. The molecule has 0 spiro atoms. The van der Waals surface area contributed by atoms with Crippen LogP contribution in [0.25, 0.3) is 0 Å².